The minimum absolute atomic E-state index is 0. The van der Waals surface area contributed by atoms with Crippen LogP contribution in [0.1, 0.15) is 19.8 Å². The summed E-state index contributed by atoms with van der Waals surface area (Å²) in [6, 6.07) is 5.71. The van der Waals surface area contributed by atoms with Gasteiger partial charge in [-0.25, -0.2) is 4.39 Å². The normalized spacial score (nSPS) is 15.0. The number of aliphatic hydroxyl groups is 1. The summed E-state index contributed by atoms with van der Waals surface area (Å²) in [4.78, 5) is 6.44. The molecule has 0 aromatic heterocycles. The Morgan fingerprint density at radius 3 is 2.70 bits per heavy atom. The van der Waals surface area contributed by atoms with Gasteiger partial charge in [0.2, 0.25) is 0 Å². The molecular weight excluding hydrogens is 464 g/mol. The second-order valence-corrected chi connectivity index (χ2v) is 6.55. The van der Waals surface area contributed by atoms with Crippen LogP contribution in [-0.4, -0.2) is 68.6 Å². The van der Waals surface area contributed by atoms with Gasteiger partial charge in [0.15, 0.2) is 5.96 Å². The van der Waals surface area contributed by atoms with E-state index in [1.54, 1.807) is 0 Å². The Labute approximate surface area is 178 Å². The second kappa shape index (κ2) is 13.1. The highest BCUT2D eigenvalue weighted by atomic mass is 127. The van der Waals surface area contributed by atoms with Crippen LogP contribution in [0.5, 0.6) is 5.75 Å². The molecular formula is C19H31FIN3O3. The number of halogens is 2. The summed E-state index contributed by atoms with van der Waals surface area (Å²) in [7, 11) is 1.95. The van der Waals surface area contributed by atoms with Gasteiger partial charge in [0.05, 0.1) is 13.2 Å². The SMILES string of the molecule is CCNC(=NCC(O)COc1ccc(F)cc1)N(C)CCOCC1CC1.I. The zero-order chi connectivity index (χ0) is 18.8. The maximum atomic E-state index is 12.9. The molecule has 0 bridgehead atoms. The molecule has 1 saturated carbocycles. The maximum absolute atomic E-state index is 12.9. The first-order valence-electron chi connectivity index (χ1n) is 9.22. The quantitative estimate of drug-likeness (QED) is 0.214. The fourth-order valence-corrected chi connectivity index (χ4v) is 2.28. The topological polar surface area (TPSA) is 66.3 Å². The van der Waals surface area contributed by atoms with Gasteiger partial charge in [0, 0.05) is 26.7 Å². The summed E-state index contributed by atoms with van der Waals surface area (Å²) in [6.45, 7) is 5.31. The minimum atomic E-state index is -0.742. The summed E-state index contributed by atoms with van der Waals surface area (Å²) in [5, 5.41) is 13.3. The summed E-state index contributed by atoms with van der Waals surface area (Å²) in [5.41, 5.74) is 0. The number of hydrogen-bond acceptors (Lipinski definition) is 4. The third-order valence-electron chi connectivity index (χ3n) is 4.03. The molecule has 27 heavy (non-hydrogen) atoms. The molecule has 1 atom stereocenters. The molecule has 8 heteroatoms. The molecule has 2 rings (SSSR count). The monoisotopic (exact) mass is 495 g/mol. The number of hydrogen-bond donors (Lipinski definition) is 2. The van der Waals surface area contributed by atoms with E-state index >= 15 is 0 Å². The molecule has 0 heterocycles. The van der Waals surface area contributed by atoms with E-state index in [9.17, 15) is 9.50 Å². The Bertz CT molecular complexity index is 556. The van der Waals surface area contributed by atoms with Crippen LogP contribution in [0.15, 0.2) is 29.3 Å². The maximum Gasteiger partial charge on any atom is 0.193 e. The van der Waals surface area contributed by atoms with E-state index in [1.807, 2.05) is 18.9 Å². The molecule has 154 valence electrons. The standard InChI is InChI=1S/C19H30FN3O3.HI/c1-3-21-19(23(2)10-11-25-13-15-4-5-15)22-12-17(24)14-26-18-8-6-16(20)7-9-18;/h6-9,15,17,24H,3-5,10-14H2,1-2H3,(H,21,22);1H. The van der Waals surface area contributed by atoms with Crippen LogP contribution in [0.4, 0.5) is 4.39 Å². The van der Waals surface area contributed by atoms with Crippen LogP contribution >= 0.6 is 24.0 Å². The van der Waals surface area contributed by atoms with Crippen LogP contribution < -0.4 is 10.1 Å². The van der Waals surface area contributed by atoms with Gasteiger partial charge in [-0.05, 0) is 49.9 Å². The predicted octanol–water partition coefficient (Wildman–Crippen LogP) is 2.51. The lowest BCUT2D eigenvalue weighted by molar-refractivity contribution is 0.111. The molecule has 1 aromatic carbocycles. The fraction of sp³-hybridized carbons (Fsp3) is 0.632. The van der Waals surface area contributed by atoms with E-state index in [4.69, 9.17) is 9.47 Å². The highest BCUT2D eigenvalue weighted by Gasteiger charge is 2.21. The average Bonchev–Trinajstić information content (AvgIpc) is 3.46. The summed E-state index contributed by atoms with van der Waals surface area (Å²) in [5.74, 6) is 1.69. The van der Waals surface area contributed by atoms with Crippen molar-refractivity contribution in [2.45, 2.75) is 25.9 Å². The predicted molar refractivity (Wildman–Crippen MR) is 115 cm³/mol. The van der Waals surface area contributed by atoms with Crippen molar-refractivity contribution in [3.05, 3.63) is 30.1 Å². The highest BCUT2D eigenvalue weighted by Crippen LogP contribution is 2.28. The third-order valence-corrected chi connectivity index (χ3v) is 4.03. The van der Waals surface area contributed by atoms with Gasteiger partial charge in [0.1, 0.15) is 24.3 Å². The Morgan fingerprint density at radius 2 is 2.07 bits per heavy atom. The first kappa shape index (κ1) is 23.9. The van der Waals surface area contributed by atoms with Crippen molar-refractivity contribution in [2.75, 3.05) is 46.5 Å². The van der Waals surface area contributed by atoms with E-state index < -0.39 is 6.10 Å². The number of nitrogens with zero attached hydrogens (tertiary/aromatic N) is 2. The van der Waals surface area contributed by atoms with Crippen molar-refractivity contribution in [1.82, 2.24) is 10.2 Å². The van der Waals surface area contributed by atoms with Gasteiger partial charge >= 0.3 is 0 Å². The molecule has 2 N–H and O–H groups in total. The van der Waals surface area contributed by atoms with Crippen molar-refractivity contribution in [2.24, 2.45) is 10.9 Å². The molecule has 0 spiro atoms. The lowest BCUT2D eigenvalue weighted by Crippen LogP contribution is -2.41. The number of likely N-dealkylation sites (N-methyl/N-ethyl adjacent to an activating group) is 1. The zero-order valence-electron chi connectivity index (χ0n) is 16.1. The molecule has 1 aliphatic carbocycles. The summed E-state index contributed by atoms with van der Waals surface area (Å²) in [6.07, 6.45) is 1.84. The molecule has 0 saturated heterocycles. The van der Waals surface area contributed by atoms with Gasteiger partial charge in [-0.15, -0.1) is 24.0 Å². The molecule has 1 aliphatic rings. The Kier molecular flexibility index (Phi) is 11.6. The first-order chi connectivity index (χ1) is 12.6. The van der Waals surface area contributed by atoms with Crippen LogP contribution in [0, 0.1) is 11.7 Å². The Balaban J connectivity index is 0.00000364. The van der Waals surface area contributed by atoms with Crippen molar-refractivity contribution >= 4 is 29.9 Å². The molecule has 1 unspecified atom stereocenters. The van der Waals surface area contributed by atoms with Crippen molar-refractivity contribution in [3.63, 3.8) is 0 Å². The molecule has 6 nitrogen and oxygen atoms in total. The van der Waals surface area contributed by atoms with Crippen molar-refractivity contribution in [3.8, 4) is 5.75 Å². The van der Waals surface area contributed by atoms with Gasteiger partial charge in [0.25, 0.3) is 0 Å². The number of ether oxygens (including phenoxy) is 2. The molecule has 0 amide bonds. The van der Waals surface area contributed by atoms with E-state index in [1.165, 1.54) is 37.1 Å². The minimum Gasteiger partial charge on any atom is -0.491 e. The van der Waals surface area contributed by atoms with E-state index in [2.05, 4.69) is 10.3 Å². The largest absolute Gasteiger partial charge is 0.491 e. The van der Waals surface area contributed by atoms with Crippen molar-refractivity contribution < 1.29 is 19.0 Å². The number of guanidine groups is 1. The second-order valence-electron chi connectivity index (χ2n) is 6.55. The van der Waals surface area contributed by atoms with E-state index in [0.29, 0.717) is 12.4 Å². The lowest BCUT2D eigenvalue weighted by Gasteiger charge is -2.22. The zero-order valence-corrected chi connectivity index (χ0v) is 18.4. The van der Waals surface area contributed by atoms with Gasteiger partial charge in [-0.2, -0.15) is 0 Å². The number of aliphatic imine (C=N–C) groups is 1. The van der Waals surface area contributed by atoms with E-state index in [-0.39, 0.29) is 42.9 Å². The molecule has 0 aliphatic heterocycles. The van der Waals surface area contributed by atoms with Gasteiger partial charge in [-0.3, -0.25) is 4.99 Å². The molecule has 0 radical (unpaired) electrons. The van der Waals surface area contributed by atoms with Crippen LogP contribution in [0.3, 0.4) is 0 Å². The fourth-order valence-electron chi connectivity index (χ4n) is 2.28. The number of nitrogens with one attached hydrogen (secondary N) is 1. The number of aliphatic hydroxyl groups excluding tert-OH is 1. The Morgan fingerprint density at radius 1 is 1.37 bits per heavy atom. The molecule has 1 aromatic rings. The summed E-state index contributed by atoms with van der Waals surface area (Å²) < 4.78 is 24.0. The van der Waals surface area contributed by atoms with Crippen LogP contribution in [-0.2, 0) is 4.74 Å². The number of benzene rings is 1. The number of rotatable bonds is 11. The lowest BCUT2D eigenvalue weighted by atomic mass is 10.3. The van der Waals surface area contributed by atoms with Crippen LogP contribution in [0.2, 0.25) is 0 Å². The highest BCUT2D eigenvalue weighted by molar-refractivity contribution is 14.0. The molecule has 1 fully saturated rings. The third kappa shape index (κ3) is 10.1. The van der Waals surface area contributed by atoms with Crippen molar-refractivity contribution in [1.29, 1.82) is 0 Å². The summed E-state index contributed by atoms with van der Waals surface area (Å²) >= 11 is 0. The van der Waals surface area contributed by atoms with Gasteiger partial charge in [-0.1, -0.05) is 0 Å². The van der Waals surface area contributed by atoms with E-state index in [0.717, 1.165) is 31.6 Å². The smallest absolute Gasteiger partial charge is 0.193 e. The van der Waals surface area contributed by atoms with Crippen LogP contribution in [0.25, 0.3) is 0 Å². The van der Waals surface area contributed by atoms with Gasteiger partial charge < -0.3 is 24.8 Å². The average molecular weight is 495 g/mol. The Hall–Kier alpha value is -1.13. The first-order valence-corrected chi connectivity index (χ1v) is 9.22.